The van der Waals surface area contributed by atoms with E-state index < -0.39 is 13.0 Å². The minimum absolute atomic E-state index is 0.199. The molecule has 0 aliphatic carbocycles. The van der Waals surface area contributed by atoms with Gasteiger partial charge in [-0.3, -0.25) is 0 Å². The second-order valence-electron chi connectivity index (χ2n) is 5.03. The van der Waals surface area contributed by atoms with Crippen LogP contribution in [0.3, 0.4) is 0 Å². The second kappa shape index (κ2) is 7.90. The minimum atomic E-state index is -2.44. The molecular weight excluding hydrogens is 278 g/mol. The van der Waals surface area contributed by atoms with Gasteiger partial charge < -0.3 is 15.5 Å². The molecule has 0 spiro atoms. The standard InChI is InChI=1S/C13H22F2N6/c1-2-6-16-11-18-12(17-9-10(14)15)20-13(19-11)21-7-4-3-5-8-21/h10H,2-9H2,1H3,(H2,16,17,18,19,20). The second-order valence-corrected chi connectivity index (χ2v) is 5.03. The number of aromatic nitrogens is 3. The zero-order valence-corrected chi connectivity index (χ0v) is 12.3. The Kier molecular flexibility index (Phi) is 5.89. The van der Waals surface area contributed by atoms with E-state index in [0.29, 0.717) is 11.9 Å². The molecule has 118 valence electrons. The Morgan fingerprint density at radius 3 is 2.33 bits per heavy atom. The topological polar surface area (TPSA) is 66.0 Å². The van der Waals surface area contributed by atoms with E-state index in [1.165, 1.54) is 6.42 Å². The van der Waals surface area contributed by atoms with Crippen molar-refractivity contribution in [1.29, 1.82) is 0 Å². The molecule has 2 rings (SSSR count). The molecule has 2 N–H and O–H groups in total. The average molecular weight is 300 g/mol. The van der Waals surface area contributed by atoms with E-state index in [0.717, 1.165) is 38.9 Å². The number of nitrogens with zero attached hydrogens (tertiary/aromatic N) is 4. The maximum absolute atomic E-state index is 12.3. The first-order chi connectivity index (χ1) is 10.2. The van der Waals surface area contributed by atoms with Gasteiger partial charge in [-0.05, 0) is 25.7 Å². The highest BCUT2D eigenvalue weighted by molar-refractivity contribution is 5.44. The van der Waals surface area contributed by atoms with E-state index in [2.05, 4.69) is 30.5 Å². The summed E-state index contributed by atoms with van der Waals surface area (Å²) in [7, 11) is 0. The van der Waals surface area contributed by atoms with E-state index in [-0.39, 0.29) is 5.95 Å². The third-order valence-electron chi connectivity index (χ3n) is 3.21. The van der Waals surface area contributed by atoms with Crippen molar-refractivity contribution < 1.29 is 8.78 Å². The van der Waals surface area contributed by atoms with Gasteiger partial charge in [-0.25, -0.2) is 8.78 Å². The normalized spacial score (nSPS) is 15.3. The fourth-order valence-corrected chi connectivity index (χ4v) is 2.16. The first-order valence-electron chi connectivity index (χ1n) is 7.46. The number of alkyl halides is 2. The molecule has 2 heterocycles. The van der Waals surface area contributed by atoms with E-state index in [1.54, 1.807) is 0 Å². The average Bonchev–Trinajstić information content (AvgIpc) is 2.51. The number of halogens is 2. The molecule has 0 bridgehead atoms. The molecule has 1 aromatic heterocycles. The molecule has 0 saturated carbocycles. The van der Waals surface area contributed by atoms with Crippen molar-refractivity contribution in [2.75, 3.05) is 41.7 Å². The monoisotopic (exact) mass is 300 g/mol. The number of hydrogen-bond donors (Lipinski definition) is 2. The Hall–Kier alpha value is -1.73. The van der Waals surface area contributed by atoms with Gasteiger partial charge in [0.25, 0.3) is 6.43 Å². The Morgan fingerprint density at radius 1 is 1.05 bits per heavy atom. The fourth-order valence-electron chi connectivity index (χ4n) is 2.16. The van der Waals surface area contributed by atoms with Crippen molar-refractivity contribution in [3.63, 3.8) is 0 Å². The maximum atomic E-state index is 12.3. The smallest absolute Gasteiger partial charge is 0.255 e. The third kappa shape index (κ3) is 4.95. The number of piperidine rings is 1. The summed E-state index contributed by atoms with van der Waals surface area (Å²) in [6, 6.07) is 0. The van der Waals surface area contributed by atoms with Crippen molar-refractivity contribution in [3.8, 4) is 0 Å². The summed E-state index contributed by atoms with van der Waals surface area (Å²) in [5, 5.41) is 5.65. The maximum Gasteiger partial charge on any atom is 0.255 e. The molecule has 1 aliphatic heterocycles. The minimum Gasteiger partial charge on any atom is -0.354 e. The lowest BCUT2D eigenvalue weighted by Gasteiger charge is -2.27. The summed E-state index contributed by atoms with van der Waals surface area (Å²) in [5.41, 5.74) is 0. The molecule has 1 saturated heterocycles. The number of hydrogen-bond acceptors (Lipinski definition) is 6. The zero-order valence-electron chi connectivity index (χ0n) is 12.3. The van der Waals surface area contributed by atoms with Gasteiger partial charge in [-0.1, -0.05) is 6.92 Å². The van der Waals surface area contributed by atoms with Crippen LogP contribution in [-0.2, 0) is 0 Å². The lowest BCUT2D eigenvalue weighted by molar-refractivity contribution is 0.163. The predicted molar refractivity (Wildman–Crippen MR) is 79.2 cm³/mol. The van der Waals surface area contributed by atoms with E-state index in [1.807, 2.05) is 6.92 Å². The van der Waals surface area contributed by atoms with Gasteiger partial charge >= 0.3 is 0 Å². The van der Waals surface area contributed by atoms with Gasteiger partial charge in [0, 0.05) is 19.6 Å². The Labute approximate surface area is 123 Å². The number of rotatable bonds is 7. The molecule has 8 heteroatoms. The largest absolute Gasteiger partial charge is 0.354 e. The van der Waals surface area contributed by atoms with Gasteiger partial charge in [0.1, 0.15) is 0 Å². The molecule has 6 nitrogen and oxygen atoms in total. The quantitative estimate of drug-likeness (QED) is 0.806. The van der Waals surface area contributed by atoms with Gasteiger partial charge in [0.2, 0.25) is 17.8 Å². The summed E-state index contributed by atoms with van der Waals surface area (Å²) >= 11 is 0. The highest BCUT2D eigenvalue weighted by Crippen LogP contribution is 2.18. The molecule has 0 radical (unpaired) electrons. The SMILES string of the molecule is CCCNc1nc(NCC(F)F)nc(N2CCCCC2)n1. The molecule has 0 atom stereocenters. The first-order valence-corrected chi connectivity index (χ1v) is 7.46. The molecule has 1 aliphatic rings. The van der Waals surface area contributed by atoms with Crippen LogP contribution in [0.1, 0.15) is 32.6 Å². The van der Waals surface area contributed by atoms with Crippen molar-refractivity contribution in [2.24, 2.45) is 0 Å². The van der Waals surface area contributed by atoms with Crippen LogP contribution in [0.5, 0.6) is 0 Å². The summed E-state index contributed by atoms with van der Waals surface area (Å²) < 4.78 is 24.6. The van der Waals surface area contributed by atoms with Crippen LogP contribution in [0.2, 0.25) is 0 Å². The summed E-state index contributed by atoms with van der Waals surface area (Å²) in [6.45, 7) is 4.10. The van der Waals surface area contributed by atoms with Crippen LogP contribution in [0.4, 0.5) is 26.6 Å². The Balaban J connectivity index is 2.14. The number of anilines is 3. The number of nitrogens with one attached hydrogen (secondary N) is 2. The lowest BCUT2D eigenvalue weighted by Crippen LogP contribution is -2.31. The van der Waals surface area contributed by atoms with E-state index in [9.17, 15) is 8.78 Å². The lowest BCUT2D eigenvalue weighted by atomic mass is 10.1. The van der Waals surface area contributed by atoms with Gasteiger partial charge in [-0.2, -0.15) is 15.0 Å². The van der Waals surface area contributed by atoms with E-state index >= 15 is 0 Å². The first kappa shape index (κ1) is 15.7. The Bertz CT molecular complexity index is 437. The highest BCUT2D eigenvalue weighted by Gasteiger charge is 2.16. The predicted octanol–water partition coefficient (Wildman–Crippen LogP) is 2.36. The summed E-state index contributed by atoms with van der Waals surface area (Å²) in [5.74, 6) is 1.19. The molecule has 0 aromatic carbocycles. The van der Waals surface area contributed by atoms with Crippen LogP contribution in [0, 0.1) is 0 Å². The van der Waals surface area contributed by atoms with Crippen LogP contribution < -0.4 is 15.5 Å². The molecule has 0 unspecified atom stereocenters. The van der Waals surface area contributed by atoms with Crippen LogP contribution in [0.15, 0.2) is 0 Å². The third-order valence-corrected chi connectivity index (χ3v) is 3.21. The molecule has 1 aromatic rings. The van der Waals surface area contributed by atoms with Crippen molar-refractivity contribution in [3.05, 3.63) is 0 Å². The molecule has 0 amide bonds. The van der Waals surface area contributed by atoms with Crippen molar-refractivity contribution in [2.45, 2.75) is 39.0 Å². The van der Waals surface area contributed by atoms with Crippen LogP contribution in [0.25, 0.3) is 0 Å². The zero-order chi connectivity index (χ0) is 15.1. The van der Waals surface area contributed by atoms with Crippen LogP contribution >= 0.6 is 0 Å². The van der Waals surface area contributed by atoms with Gasteiger partial charge in [0.15, 0.2) is 0 Å². The van der Waals surface area contributed by atoms with Gasteiger partial charge in [0.05, 0.1) is 6.54 Å². The molecule has 1 fully saturated rings. The Morgan fingerprint density at radius 2 is 1.71 bits per heavy atom. The molecule has 21 heavy (non-hydrogen) atoms. The molecular formula is C13H22F2N6. The van der Waals surface area contributed by atoms with Crippen molar-refractivity contribution >= 4 is 17.8 Å². The summed E-state index contributed by atoms with van der Waals surface area (Å²) in [6.07, 6.45) is 1.91. The van der Waals surface area contributed by atoms with Crippen molar-refractivity contribution in [1.82, 2.24) is 15.0 Å². The van der Waals surface area contributed by atoms with Crippen LogP contribution in [-0.4, -0.2) is 47.6 Å². The highest BCUT2D eigenvalue weighted by atomic mass is 19.3. The van der Waals surface area contributed by atoms with E-state index in [4.69, 9.17) is 0 Å². The van der Waals surface area contributed by atoms with Gasteiger partial charge in [-0.15, -0.1) is 0 Å². The fraction of sp³-hybridized carbons (Fsp3) is 0.769. The summed E-state index contributed by atoms with van der Waals surface area (Å²) in [4.78, 5) is 14.9.